The first-order chi connectivity index (χ1) is 10.1. The van der Waals surface area contributed by atoms with Gasteiger partial charge in [-0.2, -0.15) is 0 Å². The van der Waals surface area contributed by atoms with Gasteiger partial charge >= 0.3 is 5.97 Å². The second-order valence-electron chi connectivity index (χ2n) is 5.30. The van der Waals surface area contributed by atoms with Gasteiger partial charge in [0, 0.05) is 25.6 Å². The Morgan fingerprint density at radius 1 is 1.38 bits per heavy atom. The molecule has 2 heterocycles. The molecule has 1 N–H and O–H groups in total. The lowest BCUT2D eigenvalue weighted by atomic mass is 9.94. The van der Waals surface area contributed by atoms with Crippen molar-refractivity contribution in [3.05, 3.63) is 29.5 Å². The van der Waals surface area contributed by atoms with E-state index in [1.807, 2.05) is 11.0 Å². The van der Waals surface area contributed by atoms with Crippen molar-refractivity contribution in [1.29, 1.82) is 0 Å². The molecule has 21 heavy (non-hydrogen) atoms. The highest BCUT2D eigenvalue weighted by molar-refractivity contribution is 5.71. The fourth-order valence-corrected chi connectivity index (χ4v) is 2.70. The van der Waals surface area contributed by atoms with E-state index in [0.29, 0.717) is 34.9 Å². The van der Waals surface area contributed by atoms with Crippen molar-refractivity contribution in [2.75, 3.05) is 18.0 Å². The minimum Gasteiger partial charge on any atom is -0.594 e. The highest BCUT2D eigenvalue weighted by atomic mass is 16.5. The third-order valence-electron chi connectivity index (χ3n) is 3.85. The predicted octanol–water partition coefficient (Wildman–Crippen LogP) is 0.954. The number of piperidine rings is 1. The van der Waals surface area contributed by atoms with Crippen molar-refractivity contribution in [2.24, 2.45) is 5.92 Å². The summed E-state index contributed by atoms with van der Waals surface area (Å²) >= 11 is 0. The van der Waals surface area contributed by atoms with E-state index >= 15 is 0 Å². The van der Waals surface area contributed by atoms with E-state index in [-0.39, 0.29) is 12.3 Å². The molecule has 0 bridgehead atoms. The highest BCUT2D eigenvalue weighted by Gasteiger charge is 2.24. The number of anilines is 1. The largest absolute Gasteiger partial charge is 0.594 e. The summed E-state index contributed by atoms with van der Waals surface area (Å²) in [5.74, 6) is -0.149. The zero-order chi connectivity index (χ0) is 14.8. The van der Waals surface area contributed by atoms with Gasteiger partial charge in [0.1, 0.15) is 5.52 Å². The van der Waals surface area contributed by atoms with Crippen molar-refractivity contribution >= 4 is 23.0 Å². The summed E-state index contributed by atoms with van der Waals surface area (Å²) in [5.41, 5.74) is 1.06. The molecule has 0 amide bonds. The lowest BCUT2D eigenvalue weighted by Crippen LogP contribution is -2.40. The number of para-hydroxylation sites is 2. The van der Waals surface area contributed by atoms with E-state index in [9.17, 15) is 10.0 Å². The molecule has 1 aliphatic heterocycles. The maximum atomic E-state index is 11.9. The average Bonchev–Trinajstić information content (AvgIpc) is 2.47. The number of hydrogen-bond donors (Lipinski definition) is 1. The van der Waals surface area contributed by atoms with E-state index in [4.69, 9.17) is 5.11 Å². The normalized spacial score (nSPS) is 16.3. The van der Waals surface area contributed by atoms with Crippen LogP contribution in [0.25, 0.3) is 11.0 Å². The molecule has 0 spiro atoms. The molecule has 0 unspecified atom stereocenters. The molecular formula is C14H16N4O3. The number of carbonyl (C=O) groups is 1. The first-order valence-electron chi connectivity index (χ1n) is 6.97. The predicted molar refractivity (Wildman–Crippen MR) is 75.7 cm³/mol. The lowest BCUT2D eigenvalue weighted by Gasteiger charge is -2.30. The van der Waals surface area contributed by atoms with Gasteiger partial charge in [0.25, 0.3) is 11.5 Å². The number of rotatable bonds is 3. The van der Waals surface area contributed by atoms with Gasteiger partial charge < -0.3 is 15.2 Å². The van der Waals surface area contributed by atoms with Crippen molar-refractivity contribution in [1.82, 2.24) is 10.1 Å². The molecule has 1 aliphatic rings. The van der Waals surface area contributed by atoms with Gasteiger partial charge in [-0.1, -0.05) is 12.1 Å². The van der Waals surface area contributed by atoms with E-state index in [0.717, 1.165) is 12.8 Å². The Morgan fingerprint density at radius 3 is 2.81 bits per heavy atom. The highest BCUT2D eigenvalue weighted by Crippen LogP contribution is 2.23. The molecular weight excluding hydrogens is 272 g/mol. The van der Waals surface area contributed by atoms with Crippen LogP contribution < -0.4 is 9.75 Å². The first kappa shape index (κ1) is 13.5. The second-order valence-corrected chi connectivity index (χ2v) is 5.30. The van der Waals surface area contributed by atoms with Crippen LogP contribution in [0.1, 0.15) is 19.3 Å². The summed E-state index contributed by atoms with van der Waals surface area (Å²) in [6.07, 6.45) is 1.76. The summed E-state index contributed by atoms with van der Waals surface area (Å²) in [6.45, 7) is 1.35. The summed E-state index contributed by atoms with van der Waals surface area (Å²) in [5, 5.41) is 24.7. The van der Waals surface area contributed by atoms with Crippen LogP contribution in [0.15, 0.2) is 24.3 Å². The topological polar surface area (TPSA) is 93.3 Å². The van der Waals surface area contributed by atoms with Crippen LogP contribution in [-0.4, -0.2) is 34.2 Å². The van der Waals surface area contributed by atoms with E-state index in [2.05, 4.69) is 10.1 Å². The van der Waals surface area contributed by atoms with Crippen LogP contribution >= 0.6 is 0 Å². The fraction of sp³-hybridized carbons (Fsp3) is 0.429. The third kappa shape index (κ3) is 2.86. The van der Waals surface area contributed by atoms with Crippen LogP contribution in [-0.2, 0) is 4.79 Å². The van der Waals surface area contributed by atoms with Gasteiger partial charge in [-0.15, -0.1) is 0 Å². The van der Waals surface area contributed by atoms with Crippen LogP contribution in [0.4, 0.5) is 5.95 Å². The number of benzene rings is 1. The van der Waals surface area contributed by atoms with E-state index in [1.54, 1.807) is 18.2 Å². The molecule has 1 aromatic carbocycles. The van der Waals surface area contributed by atoms with Crippen LogP contribution in [0.3, 0.4) is 0 Å². The minimum atomic E-state index is -0.757. The molecule has 7 nitrogen and oxygen atoms in total. The maximum Gasteiger partial charge on any atom is 0.303 e. The lowest BCUT2D eigenvalue weighted by molar-refractivity contribution is -0.641. The van der Waals surface area contributed by atoms with Crippen molar-refractivity contribution in [3.8, 4) is 0 Å². The Kier molecular flexibility index (Phi) is 3.55. The zero-order valence-electron chi connectivity index (χ0n) is 11.5. The van der Waals surface area contributed by atoms with Gasteiger partial charge in [0.15, 0.2) is 0 Å². The van der Waals surface area contributed by atoms with Crippen molar-refractivity contribution in [3.63, 3.8) is 0 Å². The van der Waals surface area contributed by atoms with Gasteiger partial charge in [-0.25, -0.2) is 4.98 Å². The maximum absolute atomic E-state index is 11.9. The quantitative estimate of drug-likeness (QED) is 0.667. The van der Waals surface area contributed by atoms with Gasteiger partial charge in [0.05, 0.1) is 5.10 Å². The molecule has 0 saturated carbocycles. The van der Waals surface area contributed by atoms with Crippen molar-refractivity contribution < 1.29 is 14.7 Å². The second kappa shape index (κ2) is 5.51. The third-order valence-corrected chi connectivity index (χ3v) is 3.85. The number of aromatic nitrogens is 3. The molecule has 1 saturated heterocycles. The first-order valence-corrected chi connectivity index (χ1v) is 6.97. The number of nitrogens with zero attached hydrogens (tertiary/aromatic N) is 4. The van der Waals surface area contributed by atoms with E-state index in [1.165, 1.54) is 0 Å². The number of carboxylic acid groups (broad SMARTS) is 1. The van der Waals surface area contributed by atoms with Crippen LogP contribution in [0, 0.1) is 11.1 Å². The van der Waals surface area contributed by atoms with Crippen LogP contribution in [0.2, 0.25) is 0 Å². The fourth-order valence-electron chi connectivity index (χ4n) is 2.70. The number of hydrogen-bond acceptors (Lipinski definition) is 5. The molecule has 110 valence electrons. The molecule has 7 heteroatoms. The Balaban J connectivity index is 1.78. The van der Waals surface area contributed by atoms with Gasteiger partial charge in [-0.3, -0.25) is 4.79 Å². The minimum absolute atomic E-state index is 0.193. The molecule has 1 fully saturated rings. The van der Waals surface area contributed by atoms with Crippen molar-refractivity contribution in [2.45, 2.75) is 19.3 Å². The summed E-state index contributed by atoms with van der Waals surface area (Å²) < 4.78 is 0. The Hall–Kier alpha value is -2.44. The smallest absolute Gasteiger partial charge is 0.303 e. The molecule has 3 rings (SSSR count). The zero-order valence-corrected chi connectivity index (χ0v) is 11.5. The monoisotopic (exact) mass is 288 g/mol. The van der Waals surface area contributed by atoms with Gasteiger partial charge in [-0.05, 0) is 29.7 Å². The summed E-state index contributed by atoms with van der Waals surface area (Å²) in [7, 11) is 0. The van der Waals surface area contributed by atoms with E-state index < -0.39 is 5.97 Å². The van der Waals surface area contributed by atoms with Crippen LogP contribution in [0.5, 0.6) is 0 Å². The standard InChI is InChI=1S/C14H16N4O3/c19-13(20)9-10-5-7-17(8-6-10)14-15-11-3-1-2-4-12(11)18(21)16-14/h1-4,10H,5-9H2,(H,19,20). The van der Waals surface area contributed by atoms with Gasteiger partial charge in [0.2, 0.25) is 0 Å². The Morgan fingerprint density at radius 2 is 2.10 bits per heavy atom. The Bertz CT molecular complexity index is 668. The average molecular weight is 288 g/mol. The molecule has 2 aromatic rings. The number of carboxylic acids is 1. The molecule has 1 aromatic heterocycles. The molecule has 0 aliphatic carbocycles. The number of aliphatic carboxylic acids is 1. The molecule has 0 atom stereocenters. The summed E-state index contributed by atoms with van der Waals surface area (Å²) in [4.78, 5) is 17.7. The Labute approximate surface area is 121 Å². The molecule has 0 radical (unpaired) electrons. The SMILES string of the molecule is O=C(O)CC1CCN(c2nc3ccccc3[n+]([O-])n2)CC1. The number of fused-ring (bicyclic) bond motifs is 1. The summed E-state index contributed by atoms with van der Waals surface area (Å²) in [6, 6.07) is 7.08.